The topological polar surface area (TPSA) is 98.7 Å². The predicted octanol–water partition coefficient (Wildman–Crippen LogP) is 0.502. The van der Waals surface area contributed by atoms with Gasteiger partial charge >= 0.3 is 6.09 Å². The first-order valence-corrected chi connectivity index (χ1v) is 6.24. The molecule has 0 fully saturated rings. The number of alkyl carbamates (subject to hydrolysis) is 1. The lowest BCUT2D eigenvalue weighted by Gasteiger charge is -2.27. The Balaban J connectivity index is 2.90. The zero-order chi connectivity index (χ0) is 16.2. The number of aliphatic hydroxyl groups is 1. The normalized spacial score (nSPS) is 14.1. The molecule has 0 spiro atoms. The quantitative estimate of drug-likeness (QED) is 0.843. The van der Waals surface area contributed by atoms with E-state index in [1.54, 1.807) is 20.8 Å². The molecule has 0 aliphatic heterocycles. The maximum absolute atomic E-state index is 13.6. The fraction of sp³-hybridized carbons (Fsp3) is 0.429. The molecule has 116 valence electrons. The number of nitrogens with one attached hydrogen (secondary N) is 1. The highest BCUT2D eigenvalue weighted by Gasteiger charge is 2.28. The zero-order valence-electron chi connectivity index (χ0n) is 11.9. The first-order valence-electron chi connectivity index (χ1n) is 6.24. The molecule has 1 aromatic carbocycles. The molecule has 0 bridgehead atoms. The van der Waals surface area contributed by atoms with E-state index in [2.05, 4.69) is 0 Å². The fourth-order valence-electron chi connectivity index (χ4n) is 1.60. The molecular formula is C14H17FNO5-. The summed E-state index contributed by atoms with van der Waals surface area (Å²) in [6.07, 6.45) is -2.85. The maximum atomic E-state index is 13.6. The van der Waals surface area contributed by atoms with Crippen LogP contribution in [0.15, 0.2) is 24.3 Å². The van der Waals surface area contributed by atoms with Crippen LogP contribution in [0, 0.1) is 5.82 Å². The molecular weight excluding hydrogens is 281 g/mol. The molecule has 7 heteroatoms. The molecule has 0 aromatic heterocycles. The molecule has 0 radical (unpaired) electrons. The molecule has 2 N–H and O–H groups in total. The van der Waals surface area contributed by atoms with Crippen molar-refractivity contribution in [3.05, 3.63) is 35.6 Å². The predicted molar refractivity (Wildman–Crippen MR) is 69.5 cm³/mol. The monoisotopic (exact) mass is 298 g/mol. The van der Waals surface area contributed by atoms with Gasteiger partial charge in [-0.2, -0.15) is 0 Å². The minimum atomic E-state index is -1.84. The highest BCUT2D eigenvalue weighted by molar-refractivity contribution is 5.79. The number of ether oxygens (including phenoxy) is 1. The second kappa shape index (κ2) is 6.53. The number of rotatable bonds is 4. The van der Waals surface area contributed by atoms with E-state index in [0.717, 1.165) is 6.07 Å². The number of hydrogen-bond acceptors (Lipinski definition) is 5. The van der Waals surface area contributed by atoms with Crippen molar-refractivity contribution in [3.63, 3.8) is 0 Å². The van der Waals surface area contributed by atoms with Crippen LogP contribution in [0.5, 0.6) is 0 Å². The molecule has 0 saturated carbocycles. The third kappa shape index (κ3) is 5.03. The number of carbonyl (C=O) groups is 2. The van der Waals surface area contributed by atoms with Crippen LogP contribution < -0.4 is 10.4 Å². The summed E-state index contributed by atoms with van der Waals surface area (Å²) in [5, 5.41) is 23.0. The Morgan fingerprint density at radius 3 is 2.38 bits per heavy atom. The van der Waals surface area contributed by atoms with E-state index >= 15 is 0 Å². The highest BCUT2D eigenvalue weighted by atomic mass is 19.1. The summed E-state index contributed by atoms with van der Waals surface area (Å²) in [6, 6.07) is 3.27. The largest absolute Gasteiger partial charge is 0.548 e. The summed E-state index contributed by atoms with van der Waals surface area (Å²) in [5.74, 6) is -2.54. The van der Waals surface area contributed by atoms with Gasteiger partial charge in [-0.3, -0.25) is 0 Å². The van der Waals surface area contributed by atoms with Crippen LogP contribution in [0.25, 0.3) is 0 Å². The van der Waals surface area contributed by atoms with Crippen molar-refractivity contribution in [1.82, 2.24) is 5.32 Å². The number of aliphatic hydroxyl groups excluding tert-OH is 1. The molecule has 0 aliphatic rings. The fourth-order valence-corrected chi connectivity index (χ4v) is 1.60. The van der Waals surface area contributed by atoms with Crippen molar-refractivity contribution in [2.75, 3.05) is 0 Å². The standard InChI is InChI=1S/C14H18FNO5/c1-14(2,3)21-13(20)16-10(12(18)19)11(17)8-6-4-5-7-9(8)15/h4-7,10-11,17H,1-3H3,(H,16,20)(H,18,19)/p-1/t10-,11+/m1/s1. The Labute approximate surface area is 121 Å². The van der Waals surface area contributed by atoms with Crippen LogP contribution in [0.1, 0.15) is 32.4 Å². The summed E-state index contributed by atoms with van der Waals surface area (Å²) in [7, 11) is 0. The lowest BCUT2D eigenvalue weighted by Crippen LogP contribution is -2.52. The van der Waals surface area contributed by atoms with E-state index in [0.29, 0.717) is 0 Å². The van der Waals surface area contributed by atoms with E-state index in [9.17, 15) is 24.2 Å². The van der Waals surface area contributed by atoms with Crippen LogP contribution in [0.4, 0.5) is 9.18 Å². The minimum Gasteiger partial charge on any atom is -0.548 e. The third-order valence-electron chi connectivity index (χ3n) is 2.47. The van der Waals surface area contributed by atoms with Gasteiger partial charge in [-0.15, -0.1) is 0 Å². The van der Waals surface area contributed by atoms with Gasteiger partial charge in [0.2, 0.25) is 0 Å². The van der Waals surface area contributed by atoms with Crippen LogP contribution in [-0.4, -0.2) is 28.8 Å². The number of amides is 1. The molecule has 21 heavy (non-hydrogen) atoms. The Hall–Kier alpha value is -2.15. The summed E-state index contributed by atoms with van der Waals surface area (Å²) in [6.45, 7) is 4.77. The number of benzene rings is 1. The lowest BCUT2D eigenvalue weighted by atomic mass is 10.0. The number of hydrogen-bond donors (Lipinski definition) is 2. The van der Waals surface area contributed by atoms with Crippen molar-refractivity contribution in [2.45, 2.75) is 38.5 Å². The van der Waals surface area contributed by atoms with E-state index in [1.807, 2.05) is 5.32 Å². The van der Waals surface area contributed by atoms with Crippen LogP contribution in [0.2, 0.25) is 0 Å². The number of carboxylic acids is 1. The van der Waals surface area contributed by atoms with Crippen molar-refractivity contribution in [3.8, 4) is 0 Å². The van der Waals surface area contributed by atoms with E-state index in [1.165, 1.54) is 18.2 Å². The van der Waals surface area contributed by atoms with Gasteiger partial charge in [0.25, 0.3) is 0 Å². The first kappa shape index (κ1) is 16.9. The highest BCUT2D eigenvalue weighted by Crippen LogP contribution is 2.20. The van der Waals surface area contributed by atoms with Crippen molar-refractivity contribution < 1.29 is 28.9 Å². The molecule has 0 aliphatic carbocycles. The molecule has 1 rings (SSSR count). The summed E-state index contributed by atoms with van der Waals surface area (Å²) in [5.41, 5.74) is -1.11. The molecule has 0 heterocycles. The number of carbonyl (C=O) groups excluding carboxylic acids is 2. The maximum Gasteiger partial charge on any atom is 0.408 e. The number of halogens is 1. The Morgan fingerprint density at radius 1 is 1.33 bits per heavy atom. The van der Waals surface area contributed by atoms with Gasteiger partial charge < -0.3 is 25.1 Å². The average molecular weight is 298 g/mol. The Kier molecular flexibility index (Phi) is 5.26. The van der Waals surface area contributed by atoms with Gasteiger partial charge in [-0.1, -0.05) is 18.2 Å². The third-order valence-corrected chi connectivity index (χ3v) is 2.47. The molecule has 6 nitrogen and oxygen atoms in total. The van der Waals surface area contributed by atoms with Gasteiger partial charge in [0.15, 0.2) is 0 Å². The SMILES string of the molecule is CC(C)(C)OC(=O)N[C@@H](C(=O)[O-])[C@@H](O)c1ccccc1F. The summed E-state index contributed by atoms with van der Waals surface area (Å²) >= 11 is 0. The van der Waals surface area contributed by atoms with Gasteiger partial charge in [0.1, 0.15) is 23.6 Å². The van der Waals surface area contributed by atoms with E-state index in [4.69, 9.17) is 4.74 Å². The van der Waals surface area contributed by atoms with Crippen molar-refractivity contribution >= 4 is 12.1 Å². The second-order valence-corrected chi connectivity index (χ2v) is 5.41. The number of aliphatic carboxylic acids is 1. The van der Waals surface area contributed by atoms with Crippen LogP contribution in [0.3, 0.4) is 0 Å². The van der Waals surface area contributed by atoms with Gasteiger partial charge in [0.05, 0.1) is 5.97 Å². The molecule has 2 atom stereocenters. The van der Waals surface area contributed by atoms with Crippen molar-refractivity contribution in [2.24, 2.45) is 0 Å². The smallest absolute Gasteiger partial charge is 0.408 e. The van der Waals surface area contributed by atoms with Gasteiger partial charge in [-0.05, 0) is 26.8 Å². The van der Waals surface area contributed by atoms with Crippen LogP contribution in [-0.2, 0) is 9.53 Å². The average Bonchev–Trinajstić information content (AvgIpc) is 2.33. The minimum absolute atomic E-state index is 0.261. The molecule has 1 aromatic rings. The summed E-state index contributed by atoms with van der Waals surface area (Å²) in [4.78, 5) is 22.6. The van der Waals surface area contributed by atoms with Crippen LogP contribution >= 0.6 is 0 Å². The Bertz CT molecular complexity index is 526. The first-order chi connectivity index (χ1) is 9.61. The molecule has 0 unspecified atom stereocenters. The summed E-state index contributed by atoms with van der Waals surface area (Å²) < 4.78 is 18.4. The van der Waals surface area contributed by atoms with E-state index < -0.39 is 35.6 Å². The lowest BCUT2D eigenvalue weighted by molar-refractivity contribution is -0.310. The Morgan fingerprint density at radius 2 is 1.90 bits per heavy atom. The van der Waals surface area contributed by atoms with Crippen molar-refractivity contribution in [1.29, 1.82) is 0 Å². The van der Waals surface area contributed by atoms with Gasteiger partial charge in [0, 0.05) is 5.56 Å². The van der Waals surface area contributed by atoms with E-state index in [-0.39, 0.29) is 5.56 Å². The molecule has 1 amide bonds. The second-order valence-electron chi connectivity index (χ2n) is 5.41. The zero-order valence-corrected chi connectivity index (χ0v) is 11.9. The van der Waals surface area contributed by atoms with Gasteiger partial charge in [-0.25, -0.2) is 9.18 Å². The molecule has 0 saturated heterocycles. The number of carboxylic acid groups (broad SMARTS) is 1.